The third-order valence-corrected chi connectivity index (χ3v) is 4.07. The van der Waals surface area contributed by atoms with Crippen LogP contribution in [0.3, 0.4) is 0 Å². The van der Waals surface area contributed by atoms with E-state index < -0.39 is 0 Å². The van der Waals surface area contributed by atoms with Crippen LogP contribution in [0.4, 0.5) is 0 Å². The zero-order chi connectivity index (χ0) is 13.8. The average Bonchev–Trinajstić information content (AvgIpc) is 2.41. The molecular weight excluding hydrogens is 260 g/mol. The molecule has 1 fully saturated rings. The summed E-state index contributed by atoms with van der Waals surface area (Å²) in [6.07, 6.45) is 2.63. The number of hydrogen-bond acceptors (Lipinski definition) is 2. The largest absolute Gasteiger partial charge is 0.342 e. The van der Waals surface area contributed by atoms with Gasteiger partial charge in [0, 0.05) is 24.2 Å². The van der Waals surface area contributed by atoms with Gasteiger partial charge in [-0.3, -0.25) is 4.79 Å². The molecule has 0 unspecified atom stereocenters. The number of benzene rings is 1. The fourth-order valence-electron chi connectivity index (χ4n) is 2.55. The van der Waals surface area contributed by atoms with E-state index in [1.807, 2.05) is 36.1 Å². The summed E-state index contributed by atoms with van der Waals surface area (Å²) in [6.45, 7) is 3.68. The highest BCUT2D eigenvalue weighted by Crippen LogP contribution is 2.20. The van der Waals surface area contributed by atoms with Gasteiger partial charge in [0.15, 0.2) is 0 Å². The molecule has 1 aromatic rings. The number of likely N-dealkylation sites (tertiary alicyclic amines) is 1. The topological polar surface area (TPSA) is 46.3 Å². The first-order valence-corrected chi connectivity index (χ1v) is 7.22. The van der Waals surface area contributed by atoms with Crippen LogP contribution in [0.1, 0.15) is 25.3 Å². The molecule has 1 aliphatic heterocycles. The van der Waals surface area contributed by atoms with Crippen LogP contribution in [-0.4, -0.2) is 29.9 Å². The molecular formula is C15H21ClN2O. The molecule has 2 N–H and O–H groups in total. The summed E-state index contributed by atoms with van der Waals surface area (Å²) in [5, 5.41) is 0.700. The Morgan fingerprint density at radius 3 is 2.79 bits per heavy atom. The molecule has 1 heterocycles. The normalized spacial score (nSPS) is 21.2. The summed E-state index contributed by atoms with van der Waals surface area (Å²) >= 11 is 5.84. The summed E-state index contributed by atoms with van der Waals surface area (Å²) < 4.78 is 0. The van der Waals surface area contributed by atoms with Crippen molar-refractivity contribution in [3.05, 3.63) is 34.9 Å². The smallest absolute Gasteiger partial charge is 0.226 e. The summed E-state index contributed by atoms with van der Waals surface area (Å²) in [4.78, 5) is 14.2. The van der Waals surface area contributed by atoms with Crippen molar-refractivity contribution in [3.8, 4) is 0 Å². The van der Waals surface area contributed by atoms with Crippen LogP contribution in [-0.2, 0) is 11.2 Å². The molecule has 3 nitrogen and oxygen atoms in total. The third-order valence-electron chi connectivity index (χ3n) is 3.82. The van der Waals surface area contributed by atoms with E-state index in [0.29, 0.717) is 17.4 Å². The summed E-state index contributed by atoms with van der Waals surface area (Å²) in [5.41, 5.74) is 6.96. The lowest BCUT2D eigenvalue weighted by molar-refractivity contribution is -0.132. The molecule has 1 aliphatic rings. The number of nitrogens with two attached hydrogens (primary N) is 1. The van der Waals surface area contributed by atoms with Crippen LogP contribution < -0.4 is 5.73 Å². The lowest BCUT2D eigenvalue weighted by Gasteiger charge is -2.34. The Bertz CT molecular complexity index is 430. The van der Waals surface area contributed by atoms with E-state index in [2.05, 4.69) is 0 Å². The van der Waals surface area contributed by atoms with Gasteiger partial charge in [0.1, 0.15) is 0 Å². The zero-order valence-electron chi connectivity index (χ0n) is 11.3. The molecule has 1 amide bonds. The maximum atomic E-state index is 12.3. The Labute approximate surface area is 119 Å². The fourth-order valence-corrected chi connectivity index (χ4v) is 2.68. The standard InChI is InChI=1S/C15H21ClN2O/c1-11(17)13-3-2-8-18(10-13)15(19)9-12-4-6-14(16)7-5-12/h4-7,11,13H,2-3,8-10,17H2,1H3/t11-,13+/m1/s1. The van der Waals surface area contributed by atoms with Crippen LogP contribution in [0.15, 0.2) is 24.3 Å². The predicted octanol–water partition coefficient (Wildman–Crippen LogP) is 2.47. The minimum absolute atomic E-state index is 0.158. The molecule has 0 bridgehead atoms. The molecule has 0 aliphatic carbocycles. The molecule has 4 heteroatoms. The lowest BCUT2D eigenvalue weighted by Crippen LogP contribution is -2.45. The third kappa shape index (κ3) is 3.95. The first-order chi connectivity index (χ1) is 9.06. The SMILES string of the molecule is C[C@@H](N)[C@H]1CCCN(C(=O)Cc2ccc(Cl)cc2)C1. The Kier molecular flexibility index (Phi) is 4.83. The van der Waals surface area contributed by atoms with E-state index in [1.165, 1.54) is 0 Å². The van der Waals surface area contributed by atoms with E-state index in [1.54, 1.807) is 0 Å². The monoisotopic (exact) mass is 280 g/mol. The lowest BCUT2D eigenvalue weighted by atomic mass is 9.92. The number of amides is 1. The fraction of sp³-hybridized carbons (Fsp3) is 0.533. The van der Waals surface area contributed by atoms with Gasteiger partial charge in [-0.05, 0) is 43.4 Å². The van der Waals surface area contributed by atoms with Crippen molar-refractivity contribution in [3.63, 3.8) is 0 Å². The van der Waals surface area contributed by atoms with Crippen molar-refractivity contribution in [1.29, 1.82) is 0 Å². The molecule has 0 saturated carbocycles. The maximum Gasteiger partial charge on any atom is 0.226 e. The molecule has 0 aromatic heterocycles. The summed E-state index contributed by atoms with van der Waals surface area (Å²) in [5.74, 6) is 0.621. The maximum absolute atomic E-state index is 12.3. The first kappa shape index (κ1) is 14.4. The average molecular weight is 281 g/mol. The Hall–Kier alpha value is -1.06. The van der Waals surface area contributed by atoms with Crippen molar-refractivity contribution in [2.75, 3.05) is 13.1 Å². The summed E-state index contributed by atoms with van der Waals surface area (Å²) in [7, 11) is 0. The van der Waals surface area contributed by atoms with Crippen molar-refractivity contribution < 1.29 is 4.79 Å². The van der Waals surface area contributed by atoms with Crippen LogP contribution >= 0.6 is 11.6 Å². The Morgan fingerprint density at radius 2 is 2.16 bits per heavy atom. The van der Waals surface area contributed by atoms with Gasteiger partial charge < -0.3 is 10.6 Å². The number of nitrogens with zero attached hydrogens (tertiary/aromatic N) is 1. The molecule has 0 radical (unpaired) electrons. The van der Waals surface area contributed by atoms with Gasteiger partial charge >= 0.3 is 0 Å². The molecule has 0 spiro atoms. The molecule has 2 atom stereocenters. The van der Waals surface area contributed by atoms with E-state index in [0.717, 1.165) is 31.5 Å². The quantitative estimate of drug-likeness (QED) is 0.924. The van der Waals surface area contributed by atoms with Crippen LogP contribution in [0, 0.1) is 5.92 Å². The second kappa shape index (κ2) is 6.40. The predicted molar refractivity (Wildman–Crippen MR) is 78.1 cm³/mol. The molecule has 1 saturated heterocycles. The van der Waals surface area contributed by atoms with Crippen LogP contribution in [0.5, 0.6) is 0 Å². The highest BCUT2D eigenvalue weighted by Gasteiger charge is 2.25. The highest BCUT2D eigenvalue weighted by atomic mass is 35.5. The summed E-state index contributed by atoms with van der Waals surface area (Å²) in [6, 6.07) is 7.63. The Morgan fingerprint density at radius 1 is 1.47 bits per heavy atom. The Balaban J connectivity index is 1.94. The molecule has 104 valence electrons. The van der Waals surface area contributed by atoms with Gasteiger partial charge in [0.2, 0.25) is 5.91 Å². The van der Waals surface area contributed by atoms with Gasteiger partial charge in [-0.15, -0.1) is 0 Å². The van der Waals surface area contributed by atoms with Gasteiger partial charge in [-0.2, -0.15) is 0 Å². The van der Waals surface area contributed by atoms with Gasteiger partial charge in [0.05, 0.1) is 6.42 Å². The minimum Gasteiger partial charge on any atom is -0.342 e. The van der Waals surface area contributed by atoms with E-state index >= 15 is 0 Å². The van der Waals surface area contributed by atoms with Crippen molar-refractivity contribution >= 4 is 17.5 Å². The number of piperidine rings is 1. The molecule has 1 aromatic carbocycles. The second-order valence-electron chi connectivity index (χ2n) is 5.40. The van der Waals surface area contributed by atoms with E-state index in [9.17, 15) is 4.79 Å². The highest BCUT2D eigenvalue weighted by molar-refractivity contribution is 6.30. The molecule has 2 rings (SSSR count). The van der Waals surface area contributed by atoms with Gasteiger partial charge in [0.25, 0.3) is 0 Å². The minimum atomic E-state index is 0.158. The zero-order valence-corrected chi connectivity index (χ0v) is 12.1. The second-order valence-corrected chi connectivity index (χ2v) is 5.84. The van der Waals surface area contributed by atoms with Crippen molar-refractivity contribution in [2.24, 2.45) is 11.7 Å². The first-order valence-electron chi connectivity index (χ1n) is 6.84. The van der Waals surface area contributed by atoms with Crippen molar-refractivity contribution in [1.82, 2.24) is 4.90 Å². The van der Waals surface area contributed by atoms with E-state index in [4.69, 9.17) is 17.3 Å². The van der Waals surface area contributed by atoms with Crippen LogP contribution in [0.25, 0.3) is 0 Å². The number of carbonyl (C=O) groups excluding carboxylic acids is 1. The number of halogens is 1. The van der Waals surface area contributed by atoms with Crippen LogP contribution in [0.2, 0.25) is 5.02 Å². The van der Waals surface area contributed by atoms with Gasteiger partial charge in [-0.25, -0.2) is 0 Å². The van der Waals surface area contributed by atoms with Crippen molar-refractivity contribution in [2.45, 2.75) is 32.2 Å². The number of carbonyl (C=O) groups is 1. The van der Waals surface area contributed by atoms with Gasteiger partial charge in [-0.1, -0.05) is 23.7 Å². The van der Waals surface area contributed by atoms with E-state index in [-0.39, 0.29) is 11.9 Å². The number of hydrogen-bond donors (Lipinski definition) is 1. The molecule has 19 heavy (non-hydrogen) atoms. The number of rotatable bonds is 3.